The Kier molecular flexibility index (Phi) is 7.95. The molecule has 0 heterocycles. The molecule has 0 aliphatic rings. The quantitative estimate of drug-likeness (QED) is 0.635. The molecular formula is C20H25N3O3S2. The van der Waals surface area contributed by atoms with E-state index in [0.717, 1.165) is 12.8 Å². The summed E-state index contributed by atoms with van der Waals surface area (Å²) in [5.41, 5.74) is 1.21. The van der Waals surface area contributed by atoms with Gasteiger partial charge >= 0.3 is 0 Å². The van der Waals surface area contributed by atoms with Gasteiger partial charge in [0.05, 0.1) is 10.6 Å². The van der Waals surface area contributed by atoms with Crippen molar-refractivity contribution in [3.05, 3.63) is 54.6 Å². The number of sulfonamides is 1. The molecule has 0 fully saturated rings. The summed E-state index contributed by atoms with van der Waals surface area (Å²) >= 11 is 5.12. The molecule has 2 aromatic rings. The summed E-state index contributed by atoms with van der Waals surface area (Å²) in [4.78, 5) is 11.9. The van der Waals surface area contributed by atoms with E-state index < -0.39 is 10.0 Å². The van der Waals surface area contributed by atoms with E-state index in [1.165, 1.54) is 16.4 Å². The second-order valence-corrected chi connectivity index (χ2v) is 8.41. The van der Waals surface area contributed by atoms with Crippen LogP contribution in [0, 0.1) is 0 Å². The molecule has 0 saturated heterocycles. The van der Waals surface area contributed by atoms with Gasteiger partial charge in [-0.3, -0.25) is 9.10 Å². The van der Waals surface area contributed by atoms with E-state index in [2.05, 4.69) is 10.6 Å². The number of hydrogen-bond donors (Lipinski definition) is 2. The molecule has 0 unspecified atom stereocenters. The average Bonchev–Trinajstić information content (AvgIpc) is 2.68. The predicted molar refractivity (Wildman–Crippen MR) is 117 cm³/mol. The van der Waals surface area contributed by atoms with Crippen LogP contribution in [0.4, 0.5) is 11.4 Å². The first-order chi connectivity index (χ1) is 13.4. The molecule has 8 heteroatoms. The third-order valence-electron chi connectivity index (χ3n) is 4.04. The number of nitrogens with zero attached hydrogens (tertiary/aromatic N) is 1. The van der Waals surface area contributed by atoms with Crippen LogP contribution in [0.1, 0.15) is 33.1 Å². The smallest absolute Gasteiger partial charge is 0.264 e. The van der Waals surface area contributed by atoms with Crippen LogP contribution in [0.25, 0.3) is 0 Å². The second-order valence-electron chi connectivity index (χ2n) is 6.14. The first-order valence-corrected chi connectivity index (χ1v) is 11.0. The first-order valence-electron chi connectivity index (χ1n) is 9.17. The van der Waals surface area contributed by atoms with Crippen molar-refractivity contribution in [2.45, 2.75) is 38.0 Å². The molecule has 0 radical (unpaired) electrons. The van der Waals surface area contributed by atoms with Crippen LogP contribution >= 0.6 is 12.2 Å². The van der Waals surface area contributed by atoms with E-state index in [4.69, 9.17) is 12.2 Å². The molecule has 1 amide bonds. The van der Waals surface area contributed by atoms with Crippen LogP contribution in [0.3, 0.4) is 0 Å². The molecule has 150 valence electrons. The molecule has 2 N–H and O–H groups in total. The SMILES string of the molecule is CCCCC(=O)NC(=S)Nc1ccc(S(=O)(=O)N(CC)c2ccccc2)cc1. The summed E-state index contributed by atoms with van der Waals surface area (Å²) in [7, 11) is -3.68. The fraction of sp³-hybridized carbons (Fsp3) is 0.300. The number of hydrogen-bond acceptors (Lipinski definition) is 4. The normalized spacial score (nSPS) is 10.9. The lowest BCUT2D eigenvalue weighted by Crippen LogP contribution is -2.34. The average molecular weight is 420 g/mol. The number of para-hydroxylation sites is 1. The van der Waals surface area contributed by atoms with E-state index in [1.807, 2.05) is 13.0 Å². The fourth-order valence-corrected chi connectivity index (χ4v) is 4.32. The maximum atomic E-state index is 13.0. The third-order valence-corrected chi connectivity index (χ3v) is 6.16. The molecule has 2 rings (SSSR count). The van der Waals surface area contributed by atoms with Gasteiger partial charge in [-0.25, -0.2) is 8.42 Å². The zero-order valence-corrected chi connectivity index (χ0v) is 17.6. The Morgan fingerprint density at radius 2 is 1.68 bits per heavy atom. The maximum Gasteiger partial charge on any atom is 0.264 e. The minimum absolute atomic E-state index is 0.139. The first kappa shape index (κ1) is 21.8. The molecular weight excluding hydrogens is 394 g/mol. The van der Waals surface area contributed by atoms with E-state index in [-0.39, 0.29) is 15.9 Å². The minimum Gasteiger partial charge on any atom is -0.332 e. The molecule has 28 heavy (non-hydrogen) atoms. The van der Waals surface area contributed by atoms with E-state index in [9.17, 15) is 13.2 Å². The Morgan fingerprint density at radius 1 is 1.04 bits per heavy atom. The zero-order chi connectivity index (χ0) is 20.6. The highest BCUT2D eigenvalue weighted by Crippen LogP contribution is 2.24. The van der Waals surface area contributed by atoms with Gasteiger partial charge in [0.15, 0.2) is 5.11 Å². The Bertz CT molecular complexity index is 898. The fourth-order valence-electron chi connectivity index (χ4n) is 2.61. The van der Waals surface area contributed by atoms with Crippen molar-refractivity contribution < 1.29 is 13.2 Å². The summed E-state index contributed by atoms with van der Waals surface area (Å²) < 4.78 is 27.3. The zero-order valence-electron chi connectivity index (χ0n) is 16.0. The third kappa shape index (κ3) is 5.77. The van der Waals surface area contributed by atoms with Gasteiger partial charge in [-0.15, -0.1) is 0 Å². The van der Waals surface area contributed by atoms with Crippen LogP contribution in [-0.2, 0) is 14.8 Å². The predicted octanol–water partition coefficient (Wildman–Crippen LogP) is 3.91. The molecule has 0 aliphatic carbocycles. The Labute approximate surface area is 172 Å². The molecule has 0 aromatic heterocycles. The summed E-state index contributed by atoms with van der Waals surface area (Å²) in [5, 5.41) is 5.70. The van der Waals surface area contributed by atoms with Gasteiger partial charge in [0.2, 0.25) is 5.91 Å². The highest BCUT2D eigenvalue weighted by molar-refractivity contribution is 7.92. The van der Waals surface area contributed by atoms with Crippen molar-refractivity contribution in [2.24, 2.45) is 0 Å². The number of rotatable bonds is 8. The van der Waals surface area contributed by atoms with Gasteiger partial charge in [0, 0.05) is 18.7 Å². The monoisotopic (exact) mass is 419 g/mol. The van der Waals surface area contributed by atoms with Gasteiger partial charge in [0.1, 0.15) is 0 Å². The lowest BCUT2D eigenvalue weighted by molar-refractivity contribution is -0.119. The van der Waals surface area contributed by atoms with E-state index >= 15 is 0 Å². The highest BCUT2D eigenvalue weighted by Gasteiger charge is 2.23. The second kappa shape index (κ2) is 10.2. The molecule has 0 atom stereocenters. The molecule has 0 aliphatic heterocycles. The standard InChI is InChI=1S/C20H25N3O3S2/c1-3-5-11-19(24)22-20(27)21-16-12-14-18(15-13-16)28(25,26)23(4-2)17-9-7-6-8-10-17/h6-10,12-15H,3-5,11H2,1-2H3,(H2,21,22,24,27). The summed E-state index contributed by atoms with van der Waals surface area (Å²) in [6.07, 6.45) is 2.15. The van der Waals surface area contributed by atoms with Gasteiger partial charge in [-0.1, -0.05) is 31.5 Å². The number of amides is 1. The van der Waals surface area contributed by atoms with Crippen molar-refractivity contribution in [1.82, 2.24) is 5.32 Å². The van der Waals surface area contributed by atoms with Crippen LogP contribution in [-0.4, -0.2) is 26.0 Å². The number of carbonyl (C=O) groups excluding carboxylic acids is 1. The summed E-state index contributed by atoms with van der Waals surface area (Å²) in [6, 6.07) is 15.2. The van der Waals surface area contributed by atoms with Gasteiger partial charge < -0.3 is 10.6 Å². The van der Waals surface area contributed by atoms with Crippen LogP contribution < -0.4 is 14.9 Å². The number of anilines is 2. The van der Waals surface area contributed by atoms with Crippen LogP contribution in [0.2, 0.25) is 0 Å². The number of carbonyl (C=O) groups is 1. The lowest BCUT2D eigenvalue weighted by atomic mass is 10.2. The van der Waals surface area contributed by atoms with Crippen LogP contribution in [0.5, 0.6) is 0 Å². The molecule has 2 aromatic carbocycles. The highest BCUT2D eigenvalue weighted by atomic mass is 32.2. The Morgan fingerprint density at radius 3 is 2.25 bits per heavy atom. The van der Waals surface area contributed by atoms with E-state index in [1.54, 1.807) is 43.3 Å². The van der Waals surface area contributed by atoms with E-state index in [0.29, 0.717) is 24.3 Å². The van der Waals surface area contributed by atoms with Gasteiger partial charge in [-0.05, 0) is 62.0 Å². The molecule has 6 nitrogen and oxygen atoms in total. The molecule has 0 saturated carbocycles. The summed E-state index contributed by atoms with van der Waals surface area (Å²) in [5.74, 6) is -0.139. The van der Waals surface area contributed by atoms with Gasteiger partial charge in [-0.2, -0.15) is 0 Å². The van der Waals surface area contributed by atoms with Crippen molar-refractivity contribution >= 4 is 44.6 Å². The van der Waals surface area contributed by atoms with Crippen molar-refractivity contribution in [1.29, 1.82) is 0 Å². The number of nitrogens with one attached hydrogen (secondary N) is 2. The maximum absolute atomic E-state index is 13.0. The largest absolute Gasteiger partial charge is 0.332 e. The topological polar surface area (TPSA) is 78.5 Å². The number of unbranched alkanes of at least 4 members (excludes halogenated alkanes) is 1. The lowest BCUT2D eigenvalue weighted by Gasteiger charge is -2.23. The molecule has 0 spiro atoms. The van der Waals surface area contributed by atoms with Crippen LogP contribution in [0.15, 0.2) is 59.5 Å². The van der Waals surface area contributed by atoms with Crippen molar-refractivity contribution in [3.8, 4) is 0 Å². The minimum atomic E-state index is -3.68. The summed E-state index contributed by atoms with van der Waals surface area (Å²) in [6.45, 7) is 4.12. The Balaban J connectivity index is 2.08. The number of thiocarbonyl (C=S) groups is 1. The molecule has 0 bridgehead atoms. The van der Waals surface area contributed by atoms with Crippen molar-refractivity contribution in [2.75, 3.05) is 16.2 Å². The van der Waals surface area contributed by atoms with Gasteiger partial charge in [0.25, 0.3) is 10.0 Å². The number of benzene rings is 2. The van der Waals surface area contributed by atoms with Crippen molar-refractivity contribution in [3.63, 3.8) is 0 Å². The Hall–Kier alpha value is -2.45.